The van der Waals surface area contributed by atoms with Gasteiger partial charge in [0.1, 0.15) is 5.82 Å². The molecule has 1 aliphatic rings. The standard InChI is InChI=1S/C30H30N4OS/c1-33(21-23-11-4-2-5-12-23)29(35)26-16-10-13-24(19-26)22-36-30-31-27(25-14-6-3-7-15-25)20-28(32-30)34-17-8-9-18-34/h2-7,10-16,19-20H,8-9,17-18,21-22H2,1H3. The maximum absolute atomic E-state index is 13.1. The fraction of sp³-hybridized carbons (Fsp3) is 0.233. The Labute approximate surface area is 217 Å². The van der Waals surface area contributed by atoms with E-state index in [-0.39, 0.29) is 5.91 Å². The molecule has 182 valence electrons. The van der Waals surface area contributed by atoms with E-state index in [2.05, 4.69) is 29.2 Å². The Bertz CT molecular complexity index is 1310. The van der Waals surface area contributed by atoms with E-state index < -0.39 is 0 Å². The van der Waals surface area contributed by atoms with E-state index in [1.165, 1.54) is 12.8 Å². The highest BCUT2D eigenvalue weighted by molar-refractivity contribution is 7.98. The molecule has 0 aliphatic carbocycles. The number of aromatic nitrogens is 2. The van der Waals surface area contributed by atoms with Crippen molar-refractivity contribution < 1.29 is 4.79 Å². The Morgan fingerprint density at radius 3 is 2.31 bits per heavy atom. The van der Waals surface area contributed by atoms with Gasteiger partial charge in [-0.15, -0.1) is 0 Å². The summed E-state index contributed by atoms with van der Waals surface area (Å²) < 4.78 is 0. The van der Waals surface area contributed by atoms with Crippen LogP contribution in [0, 0.1) is 0 Å². The molecule has 1 saturated heterocycles. The Kier molecular flexibility index (Phi) is 7.62. The first-order chi connectivity index (χ1) is 17.7. The molecule has 36 heavy (non-hydrogen) atoms. The number of hydrogen-bond acceptors (Lipinski definition) is 5. The second-order valence-electron chi connectivity index (χ2n) is 9.09. The highest BCUT2D eigenvalue weighted by Gasteiger charge is 2.17. The average molecular weight is 495 g/mol. The number of nitrogens with zero attached hydrogens (tertiary/aromatic N) is 4. The van der Waals surface area contributed by atoms with Gasteiger partial charge in [0.15, 0.2) is 5.16 Å². The highest BCUT2D eigenvalue weighted by Crippen LogP contribution is 2.29. The lowest BCUT2D eigenvalue weighted by Gasteiger charge is -2.18. The topological polar surface area (TPSA) is 49.3 Å². The molecule has 0 saturated carbocycles. The second-order valence-corrected chi connectivity index (χ2v) is 10.0. The molecule has 0 unspecified atom stereocenters. The fourth-order valence-electron chi connectivity index (χ4n) is 4.43. The van der Waals surface area contributed by atoms with E-state index in [9.17, 15) is 4.79 Å². The Morgan fingerprint density at radius 1 is 0.861 bits per heavy atom. The molecule has 1 aliphatic heterocycles. The number of thioether (sulfide) groups is 1. The first-order valence-corrected chi connectivity index (χ1v) is 13.3. The molecule has 1 fully saturated rings. The van der Waals surface area contributed by atoms with Crippen molar-refractivity contribution in [2.75, 3.05) is 25.0 Å². The lowest BCUT2D eigenvalue weighted by Crippen LogP contribution is -2.26. The van der Waals surface area contributed by atoms with Crippen molar-refractivity contribution in [2.24, 2.45) is 0 Å². The van der Waals surface area contributed by atoms with Crippen LogP contribution < -0.4 is 4.90 Å². The summed E-state index contributed by atoms with van der Waals surface area (Å²) in [5.41, 5.74) is 4.93. The van der Waals surface area contributed by atoms with Gasteiger partial charge in [-0.1, -0.05) is 84.6 Å². The summed E-state index contributed by atoms with van der Waals surface area (Å²) in [4.78, 5) is 26.9. The van der Waals surface area contributed by atoms with E-state index in [0.29, 0.717) is 17.9 Å². The first-order valence-electron chi connectivity index (χ1n) is 12.4. The van der Waals surface area contributed by atoms with Gasteiger partial charge in [0.05, 0.1) is 5.69 Å². The van der Waals surface area contributed by atoms with Gasteiger partial charge >= 0.3 is 0 Å². The zero-order valence-corrected chi connectivity index (χ0v) is 21.3. The molecule has 3 aromatic carbocycles. The van der Waals surface area contributed by atoms with Crippen molar-refractivity contribution in [1.82, 2.24) is 14.9 Å². The molecule has 4 aromatic rings. The minimum atomic E-state index is 0.0179. The largest absolute Gasteiger partial charge is 0.356 e. The lowest BCUT2D eigenvalue weighted by atomic mass is 10.1. The number of benzene rings is 3. The lowest BCUT2D eigenvalue weighted by molar-refractivity contribution is 0.0785. The molecule has 1 amide bonds. The van der Waals surface area contributed by atoms with Gasteiger partial charge in [0.2, 0.25) is 0 Å². The van der Waals surface area contributed by atoms with E-state index in [1.54, 1.807) is 16.7 Å². The average Bonchev–Trinajstić information content (AvgIpc) is 3.48. The number of amides is 1. The van der Waals surface area contributed by atoms with Crippen molar-refractivity contribution in [2.45, 2.75) is 30.3 Å². The highest BCUT2D eigenvalue weighted by atomic mass is 32.2. The predicted octanol–water partition coefficient (Wildman–Crippen LogP) is 6.31. The Hall–Kier alpha value is -3.64. The van der Waals surface area contributed by atoms with Gasteiger partial charge in [-0.2, -0.15) is 0 Å². The summed E-state index contributed by atoms with van der Waals surface area (Å²) in [5.74, 6) is 1.71. The number of carbonyl (C=O) groups is 1. The van der Waals surface area contributed by atoms with Crippen molar-refractivity contribution in [1.29, 1.82) is 0 Å². The predicted molar refractivity (Wildman–Crippen MR) is 147 cm³/mol. The van der Waals surface area contributed by atoms with Crippen LogP contribution in [-0.4, -0.2) is 40.9 Å². The van der Waals surface area contributed by atoms with Crippen LogP contribution in [0.1, 0.15) is 34.3 Å². The normalized spacial score (nSPS) is 13.1. The Morgan fingerprint density at radius 2 is 1.56 bits per heavy atom. The van der Waals surface area contributed by atoms with Crippen LogP contribution in [0.15, 0.2) is 96.2 Å². The van der Waals surface area contributed by atoms with Crippen LogP contribution in [0.25, 0.3) is 11.3 Å². The monoisotopic (exact) mass is 494 g/mol. The minimum Gasteiger partial charge on any atom is -0.356 e. The maximum atomic E-state index is 13.1. The zero-order chi connectivity index (χ0) is 24.7. The van der Waals surface area contributed by atoms with E-state index in [4.69, 9.17) is 9.97 Å². The molecule has 0 N–H and O–H groups in total. The van der Waals surface area contributed by atoms with Crippen LogP contribution in [0.4, 0.5) is 5.82 Å². The van der Waals surface area contributed by atoms with E-state index >= 15 is 0 Å². The van der Waals surface area contributed by atoms with Crippen LogP contribution in [0.5, 0.6) is 0 Å². The van der Waals surface area contributed by atoms with Crippen molar-refractivity contribution in [3.8, 4) is 11.3 Å². The van der Waals surface area contributed by atoms with E-state index in [0.717, 1.165) is 46.4 Å². The molecule has 2 heterocycles. The van der Waals surface area contributed by atoms with E-state index in [1.807, 2.05) is 73.8 Å². The SMILES string of the molecule is CN(Cc1ccccc1)C(=O)c1cccc(CSc2nc(-c3ccccc3)cc(N3CCCC3)n2)c1. The molecule has 5 rings (SSSR count). The summed E-state index contributed by atoms with van der Waals surface area (Å²) in [6.07, 6.45) is 2.40. The molecule has 6 heteroatoms. The number of anilines is 1. The maximum Gasteiger partial charge on any atom is 0.253 e. The second kappa shape index (κ2) is 11.4. The van der Waals surface area contributed by atoms with Crippen molar-refractivity contribution >= 4 is 23.5 Å². The number of rotatable bonds is 8. The van der Waals surface area contributed by atoms with Gasteiger partial charge < -0.3 is 9.80 Å². The minimum absolute atomic E-state index is 0.0179. The van der Waals surface area contributed by atoms with Crippen LogP contribution in [0.3, 0.4) is 0 Å². The quantitative estimate of drug-likeness (QED) is 0.212. The molecule has 0 atom stereocenters. The smallest absolute Gasteiger partial charge is 0.253 e. The fourth-order valence-corrected chi connectivity index (χ4v) is 5.23. The third-order valence-corrected chi connectivity index (χ3v) is 7.26. The summed E-state index contributed by atoms with van der Waals surface area (Å²) >= 11 is 1.61. The first kappa shape index (κ1) is 24.1. The number of hydrogen-bond donors (Lipinski definition) is 0. The molecule has 5 nitrogen and oxygen atoms in total. The molecular weight excluding hydrogens is 464 g/mol. The molecule has 0 radical (unpaired) electrons. The van der Waals surface area contributed by atoms with Crippen LogP contribution >= 0.6 is 11.8 Å². The van der Waals surface area contributed by atoms with Gasteiger partial charge in [0.25, 0.3) is 5.91 Å². The van der Waals surface area contributed by atoms with Crippen LogP contribution in [0.2, 0.25) is 0 Å². The van der Waals surface area contributed by atoms with Gasteiger partial charge in [-0.25, -0.2) is 9.97 Å². The van der Waals surface area contributed by atoms with Crippen molar-refractivity contribution in [3.63, 3.8) is 0 Å². The third kappa shape index (κ3) is 5.94. The molecular formula is C30H30N4OS. The van der Waals surface area contributed by atoms with Crippen LogP contribution in [-0.2, 0) is 12.3 Å². The van der Waals surface area contributed by atoms with Gasteiger partial charge in [0, 0.05) is 49.6 Å². The Balaban J connectivity index is 1.31. The molecule has 0 spiro atoms. The summed E-state index contributed by atoms with van der Waals surface area (Å²) in [6.45, 7) is 2.66. The van der Waals surface area contributed by atoms with Gasteiger partial charge in [-0.3, -0.25) is 4.79 Å². The number of carbonyl (C=O) groups excluding carboxylic acids is 1. The summed E-state index contributed by atoms with van der Waals surface area (Å²) in [6, 6.07) is 30.3. The van der Waals surface area contributed by atoms with Gasteiger partial charge in [-0.05, 0) is 36.1 Å². The summed E-state index contributed by atoms with van der Waals surface area (Å²) in [5, 5.41) is 0.760. The molecule has 0 bridgehead atoms. The van der Waals surface area contributed by atoms with Crippen molar-refractivity contribution in [3.05, 3.63) is 108 Å². The third-order valence-electron chi connectivity index (χ3n) is 6.34. The zero-order valence-electron chi connectivity index (χ0n) is 20.5. The summed E-state index contributed by atoms with van der Waals surface area (Å²) in [7, 11) is 1.85. The molecule has 1 aromatic heterocycles.